The Kier molecular flexibility index (Phi) is 4.17. The standard InChI is InChI=1S/C14H22N2O3/c1-9-8-16(2)6-5-11(9)15-7-10-3-4-12(17)14(19)13(10)18/h3-4,9,11,15,17-19H,5-8H2,1-2H3. The van der Waals surface area contributed by atoms with Crippen molar-refractivity contribution in [3.8, 4) is 17.2 Å². The zero-order valence-corrected chi connectivity index (χ0v) is 11.4. The first-order valence-electron chi connectivity index (χ1n) is 6.63. The predicted molar refractivity (Wildman–Crippen MR) is 73.3 cm³/mol. The van der Waals surface area contributed by atoms with E-state index in [1.165, 1.54) is 6.07 Å². The van der Waals surface area contributed by atoms with Crippen molar-refractivity contribution in [1.29, 1.82) is 0 Å². The summed E-state index contributed by atoms with van der Waals surface area (Å²) in [5.74, 6) is -0.440. The summed E-state index contributed by atoms with van der Waals surface area (Å²) in [7, 11) is 2.12. The Bertz CT molecular complexity index is 451. The monoisotopic (exact) mass is 266 g/mol. The number of nitrogens with zero attached hydrogens (tertiary/aromatic N) is 1. The van der Waals surface area contributed by atoms with E-state index in [1.807, 2.05) is 0 Å². The summed E-state index contributed by atoms with van der Waals surface area (Å²) in [6, 6.07) is 3.42. The minimum Gasteiger partial charge on any atom is -0.504 e. The van der Waals surface area contributed by atoms with Crippen LogP contribution in [0.1, 0.15) is 18.9 Å². The van der Waals surface area contributed by atoms with Gasteiger partial charge in [0.1, 0.15) is 0 Å². The molecule has 5 nitrogen and oxygen atoms in total. The van der Waals surface area contributed by atoms with Gasteiger partial charge in [-0.3, -0.25) is 0 Å². The van der Waals surface area contributed by atoms with Crippen LogP contribution in [-0.4, -0.2) is 46.4 Å². The van der Waals surface area contributed by atoms with Gasteiger partial charge in [-0.1, -0.05) is 13.0 Å². The minimum absolute atomic E-state index is 0.243. The number of hydrogen-bond donors (Lipinski definition) is 4. The van der Waals surface area contributed by atoms with Gasteiger partial charge in [0.25, 0.3) is 0 Å². The van der Waals surface area contributed by atoms with Crippen molar-refractivity contribution < 1.29 is 15.3 Å². The third kappa shape index (κ3) is 3.11. The van der Waals surface area contributed by atoms with Gasteiger partial charge >= 0.3 is 0 Å². The molecule has 1 aromatic rings. The maximum absolute atomic E-state index is 9.76. The molecule has 19 heavy (non-hydrogen) atoms. The zero-order chi connectivity index (χ0) is 14.0. The Balaban J connectivity index is 1.97. The van der Waals surface area contributed by atoms with E-state index in [2.05, 4.69) is 24.2 Å². The summed E-state index contributed by atoms with van der Waals surface area (Å²) in [6.07, 6.45) is 1.07. The molecule has 2 atom stereocenters. The molecule has 1 aromatic carbocycles. The first-order valence-corrected chi connectivity index (χ1v) is 6.63. The highest BCUT2D eigenvalue weighted by molar-refractivity contribution is 5.53. The second-order valence-electron chi connectivity index (χ2n) is 5.46. The van der Waals surface area contributed by atoms with Gasteiger partial charge in [-0.25, -0.2) is 0 Å². The summed E-state index contributed by atoms with van der Waals surface area (Å²) >= 11 is 0. The molecule has 5 heteroatoms. The Hall–Kier alpha value is -1.46. The maximum Gasteiger partial charge on any atom is 0.200 e. The number of nitrogens with one attached hydrogen (secondary N) is 1. The van der Waals surface area contributed by atoms with Gasteiger partial charge < -0.3 is 25.5 Å². The second kappa shape index (κ2) is 5.67. The lowest BCUT2D eigenvalue weighted by molar-refractivity contribution is 0.174. The zero-order valence-electron chi connectivity index (χ0n) is 11.4. The molecule has 0 amide bonds. The van der Waals surface area contributed by atoms with Crippen LogP contribution in [0, 0.1) is 5.92 Å². The molecule has 2 unspecified atom stereocenters. The topological polar surface area (TPSA) is 76.0 Å². The van der Waals surface area contributed by atoms with Crippen molar-refractivity contribution >= 4 is 0 Å². The quantitative estimate of drug-likeness (QED) is 0.619. The smallest absolute Gasteiger partial charge is 0.200 e. The van der Waals surface area contributed by atoms with E-state index in [0.29, 0.717) is 24.1 Å². The normalized spacial score (nSPS) is 24.5. The van der Waals surface area contributed by atoms with Gasteiger partial charge in [-0.15, -0.1) is 0 Å². The number of phenols is 3. The van der Waals surface area contributed by atoms with Crippen molar-refractivity contribution in [2.75, 3.05) is 20.1 Å². The van der Waals surface area contributed by atoms with E-state index < -0.39 is 5.75 Å². The average Bonchev–Trinajstić information content (AvgIpc) is 2.37. The lowest BCUT2D eigenvalue weighted by Crippen LogP contribution is -2.46. The summed E-state index contributed by atoms with van der Waals surface area (Å²) in [6.45, 7) is 4.82. The van der Waals surface area contributed by atoms with Gasteiger partial charge in [-0.05, 0) is 32.0 Å². The van der Waals surface area contributed by atoms with Crippen molar-refractivity contribution in [3.63, 3.8) is 0 Å². The van der Waals surface area contributed by atoms with E-state index in [4.69, 9.17) is 0 Å². The summed E-state index contributed by atoms with van der Waals surface area (Å²) in [4.78, 5) is 2.31. The molecule has 1 saturated heterocycles. The Labute approximate surface area is 113 Å². The van der Waals surface area contributed by atoms with Crippen molar-refractivity contribution in [3.05, 3.63) is 17.7 Å². The molecule has 1 fully saturated rings. The molecule has 106 valence electrons. The van der Waals surface area contributed by atoms with Crippen molar-refractivity contribution in [1.82, 2.24) is 10.2 Å². The molecule has 1 aliphatic heterocycles. The Morgan fingerprint density at radius 2 is 2.00 bits per heavy atom. The van der Waals surface area contributed by atoms with Gasteiger partial charge in [0.2, 0.25) is 5.75 Å². The van der Waals surface area contributed by atoms with E-state index in [9.17, 15) is 15.3 Å². The molecular formula is C14H22N2O3. The summed E-state index contributed by atoms with van der Waals surface area (Å²) in [5, 5.41) is 31.9. The van der Waals surface area contributed by atoms with E-state index in [0.717, 1.165) is 19.5 Å². The molecule has 2 rings (SSSR count). The molecule has 0 saturated carbocycles. The SMILES string of the molecule is CC1CN(C)CCC1NCc1ccc(O)c(O)c1O. The number of benzene rings is 1. The largest absolute Gasteiger partial charge is 0.504 e. The van der Waals surface area contributed by atoms with Crippen LogP contribution in [0.4, 0.5) is 0 Å². The van der Waals surface area contributed by atoms with Crippen LogP contribution in [0.2, 0.25) is 0 Å². The number of rotatable bonds is 3. The molecule has 4 N–H and O–H groups in total. The molecule has 1 heterocycles. The first-order chi connectivity index (χ1) is 8.99. The van der Waals surface area contributed by atoms with Gasteiger partial charge in [-0.2, -0.15) is 0 Å². The molecular weight excluding hydrogens is 244 g/mol. The third-order valence-electron chi connectivity index (χ3n) is 3.88. The van der Waals surface area contributed by atoms with Crippen LogP contribution in [0.3, 0.4) is 0 Å². The lowest BCUT2D eigenvalue weighted by atomic mass is 9.94. The van der Waals surface area contributed by atoms with E-state index >= 15 is 0 Å². The summed E-state index contributed by atoms with van der Waals surface area (Å²) < 4.78 is 0. The highest BCUT2D eigenvalue weighted by Gasteiger charge is 2.24. The number of piperidine rings is 1. The molecule has 0 spiro atoms. The first kappa shape index (κ1) is 14.0. The van der Waals surface area contributed by atoms with Gasteiger partial charge in [0.05, 0.1) is 0 Å². The average molecular weight is 266 g/mol. The Morgan fingerprint density at radius 3 is 2.68 bits per heavy atom. The fourth-order valence-corrected chi connectivity index (χ4v) is 2.65. The molecule has 0 bridgehead atoms. The number of aromatic hydroxyl groups is 3. The predicted octanol–water partition coefficient (Wildman–Crippen LogP) is 1.23. The van der Waals surface area contributed by atoms with Crippen LogP contribution >= 0.6 is 0 Å². The van der Waals surface area contributed by atoms with Gasteiger partial charge in [0.15, 0.2) is 11.5 Å². The molecule has 0 aliphatic carbocycles. The van der Waals surface area contributed by atoms with E-state index in [-0.39, 0.29) is 11.5 Å². The van der Waals surface area contributed by atoms with E-state index in [1.54, 1.807) is 6.07 Å². The highest BCUT2D eigenvalue weighted by atomic mass is 16.3. The maximum atomic E-state index is 9.76. The Morgan fingerprint density at radius 1 is 1.26 bits per heavy atom. The van der Waals surface area contributed by atoms with Crippen LogP contribution in [0.5, 0.6) is 17.2 Å². The second-order valence-corrected chi connectivity index (χ2v) is 5.46. The molecule has 1 aliphatic rings. The van der Waals surface area contributed by atoms with Crippen LogP contribution in [-0.2, 0) is 6.54 Å². The molecule has 0 radical (unpaired) electrons. The molecule has 0 aromatic heterocycles. The van der Waals surface area contributed by atoms with Crippen LogP contribution in [0.25, 0.3) is 0 Å². The minimum atomic E-state index is -0.448. The third-order valence-corrected chi connectivity index (χ3v) is 3.88. The van der Waals surface area contributed by atoms with Crippen LogP contribution < -0.4 is 5.32 Å². The van der Waals surface area contributed by atoms with Crippen molar-refractivity contribution in [2.24, 2.45) is 5.92 Å². The van der Waals surface area contributed by atoms with Crippen LogP contribution in [0.15, 0.2) is 12.1 Å². The number of likely N-dealkylation sites (tertiary alicyclic amines) is 1. The summed E-state index contributed by atoms with van der Waals surface area (Å²) in [5.41, 5.74) is 0.599. The lowest BCUT2D eigenvalue weighted by Gasteiger charge is -2.35. The fourth-order valence-electron chi connectivity index (χ4n) is 2.65. The number of hydrogen-bond acceptors (Lipinski definition) is 5. The fraction of sp³-hybridized carbons (Fsp3) is 0.571. The number of phenolic OH excluding ortho intramolecular Hbond substituents is 3. The van der Waals surface area contributed by atoms with Gasteiger partial charge in [0, 0.05) is 24.7 Å². The van der Waals surface area contributed by atoms with Crippen molar-refractivity contribution in [2.45, 2.75) is 25.9 Å². The highest BCUT2D eigenvalue weighted by Crippen LogP contribution is 2.37.